The first kappa shape index (κ1) is 11.5. The molecule has 0 N–H and O–H groups in total. The smallest absolute Gasteiger partial charge is 0.269 e. The molecule has 0 aliphatic carbocycles. The average Bonchev–Trinajstić information content (AvgIpc) is 2.84. The molecular weight excluding hydrogens is 248 g/mol. The van der Waals surface area contributed by atoms with E-state index >= 15 is 0 Å². The van der Waals surface area contributed by atoms with Crippen molar-refractivity contribution >= 4 is 11.3 Å². The van der Waals surface area contributed by atoms with Crippen LogP contribution < -0.4 is 0 Å². The van der Waals surface area contributed by atoms with Crippen molar-refractivity contribution in [2.45, 2.75) is 6.61 Å². The van der Waals surface area contributed by atoms with Gasteiger partial charge in [0.2, 0.25) is 0 Å². The van der Waals surface area contributed by atoms with Crippen molar-refractivity contribution in [3.05, 3.63) is 52.3 Å². The summed E-state index contributed by atoms with van der Waals surface area (Å²) in [4.78, 5) is 10.2. The van der Waals surface area contributed by atoms with Gasteiger partial charge in [-0.1, -0.05) is 11.8 Å². The number of nitrogens with zero attached hydrogens (tertiary/aromatic N) is 4. The van der Waals surface area contributed by atoms with Crippen LogP contribution in [-0.4, -0.2) is 26.5 Å². The number of hydrogen-bond acceptors (Lipinski definition) is 5. The maximum Gasteiger partial charge on any atom is 0.269 e. The zero-order chi connectivity index (χ0) is 13.4. The molecular formula is C12H10N4O3. The minimum absolute atomic E-state index is 0.0416. The molecule has 19 heavy (non-hydrogen) atoms. The third kappa shape index (κ3) is 1.89. The molecule has 1 aromatic carbocycles. The van der Waals surface area contributed by atoms with Crippen LogP contribution in [0.15, 0.2) is 30.8 Å². The van der Waals surface area contributed by atoms with Gasteiger partial charge in [-0.3, -0.25) is 10.1 Å². The molecule has 0 saturated heterocycles. The largest absolute Gasteiger partial charge is 0.370 e. The number of nitro groups is 1. The highest BCUT2D eigenvalue weighted by molar-refractivity contribution is 5.65. The van der Waals surface area contributed by atoms with Crippen LogP contribution in [0.5, 0.6) is 0 Å². The molecule has 0 spiro atoms. The minimum Gasteiger partial charge on any atom is -0.370 e. The summed E-state index contributed by atoms with van der Waals surface area (Å²) >= 11 is 0. The van der Waals surface area contributed by atoms with E-state index in [-0.39, 0.29) is 5.69 Å². The summed E-state index contributed by atoms with van der Waals surface area (Å²) in [5.41, 5.74) is 3.10. The van der Waals surface area contributed by atoms with Gasteiger partial charge in [0, 0.05) is 12.1 Å². The fourth-order valence-corrected chi connectivity index (χ4v) is 2.00. The highest BCUT2D eigenvalue weighted by Crippen LogP contribution is 2.25. The predicted molar refractivity (Wildman–Crippen MR) is 66.7 cm³/mol. The molecule has 0 bridgehead atoms. The molecule has 0 unspecified atom stereocenters. The van der Waals surface area contributed by atoms with Crippen LogP contribution in [0.2, 0.25) is 0 Å². The molecule has 7 nitrogen and oxygen atoms in total. The average molecular weight is 258 g/mol. The first-order valence-electron chi connectivity index (χ1n) is 5.62. The van der Waals surface area contributed by atoms with Crippen molar-refractivity contribution in [1.82, 2.24) is 15.0 Å². The summed E-state index contributed by atoms with van der Waals surface area (Å²) in [6.07, 6.45) is 0. The minimum atomic E-state index is -0.437. The van der Waals surface area contributed by atoms with E-state index in [1.165, 1.54) is 12.1 Å². The standard InChI is InChI=1S/C12H10N4O3/c1-8-6-19-7-11-12(8)15(14-13-11)9-2-4-10(5-3-9)16(17)18/h2-5H,1,6-7H2. The monoisotopic (exact) mass is 258 g/mol. The molecule has 7 heteroatoms. The van der Waals surface area contributed by atoms with Crippen LogP contribution in [0.25, 0.3) is 11.3 Å². The van der Waals surface area contributed by atoms with Gasteiger partial charge >= 0.3 is 0 Å². The van der Waals surface area contributed by atoms with Gasteiger partial charge in [-0.05, 0) is 17.7 Å². The lowest BCUT2D eigenvalue weighted by Gasteiger charge is -2.15. The van der Waals surface area contributed by atoms with Crippen LogP contribution in [0.4, 0.5) is 5.69 Å². The third-order valence-corrected chi connectivity index (χ3v) is 2.90. The fourth-order valence-electron chi connectivity index (χ4n) is 2.00. The molecule has 1 aromatic heterocycles. The first-order chi connectivity index (χ1) is 9.16. The highest BCUT2D eigenvalue weighted by atomic mass is 16.6. The van der Waals surface area contributed by atoms with Gasteiger partial charge < -0.3 is 4.74 Å². The quantitative estimate of drug-likeness (QED) is 0.605. The van der Waals surface area contributed by atoms with Gasteiger partial charge in [0.1, 0.15) is 5.69 Å². The number of non-ortho nitro benzene ring substituents is 1. The van der Waals surface area contributed by atoms with Crippen LogP contribution in [0.1, 0.15) is 11.4 Å². The Morgan fingerprint density at radius 3 is 2.74 bits per heavy atom. The molecule has 0 fully saturated rings. The Balaban J connectivity index is 2.05. The van der Waals surface area contributed by atoms with Gasteiger partial charge in [-0.2, -0.15) is 0 Å². The Morgan fingerprint density at radius 1 is 1.32 bits per heavy atom. The molecule has 2 aromatic rings. The first-order valence-corrected chi connectivity index (χ1v) is 5.62. The number of fused-ring (bicyclic) bond motifs is 1. The number of ether oxygens (including phenoxy) is 1. The SMILES string of the molecule is C=C1COCc2nnn(-c3ccc([N+](=O)[O-])cc3)c21. The van der Waals surface area contributed by atoms with E-state index in [0.29, 0.717) is 18.9 Å². The van der Waals surface area contributed by atoms with Crippen molar-refractivity contribution < 1.29 is 9.66 Å². The van der Waals surface area contributed by atoms with Gasteiger partial charge in [-0.15, -0.1) is 5.10 Å². The van der Waals surface area contributed by atoms with Crippen molar-refractivity contribution in [2.75, 3.05) is 6.61 Å². The molecule has 3 rings (SSSR count). The van der Waals surface area contributed by atoms with Crippen molar-refractivity contribution in [3.8, 4) is 5.69 Å². The summed E-state index contributed by atoms with van der Waals surface area (Å²) in [6.45, 7) is 4.77. The summed E-state index contributed by atoms with van der Waals surface area (Å²) < 4.78 is 6.93. The lowest BCUT2D eigenvalue weighted by molar-refractivity contribution is -0.384. The van der Waals surface area contributed by atoms with Crippen molar-refractivity contribution in [3.63, 3.8) is 0 Å². The molecule has 1 aliphatic heterocycles. The second-order valence-corrected chi connectivity index (χ2v) is 4.17. The third-order valence-electron chi connectivity index (χ3n) is 2.90. The molecule has 0 saturated carbocycles. The summed E-state index contributed by atoms with van der Waals surface area (Å²) in [5.74, 6) is 0. The van der Waals surface area contributed by atoms with E-state index in [2.05, 4.69) is 16.9 Å². The van der Waals surface area contributed by atoms with E-state index in [0.717, 1.165) is 17.0 Å². The molecule has 2 heterocycles. The molecule has 0 atom stereocenters. The highest BCUT2D eigenvalue weighted by Gasteiger charge is 2.21. The number of rotatable bonds is 2. The number of aromatic nitrogens is 3. The van der Waals surface area contributed by atoms with Crippen LogP contribution in [-0.2, 0) is 11.3 Å². The lowest BCUT2D eigenvalue weighted by Crippen LogP contribution is -2.11. The molecule has 1 aliphatic rings. The van der Waals surface area contributed by atoms with Crippen LogP contribution in [0.3, 0.4) is 0 Å². The Hall–Kier alpha value is -2.54. The van der Waals surface area contributed by atoms with Gasteiger partial charge in [-0.25, -0.2) is 4.68 Å². The second-order valence-electron chi connectivity index (χ2n) is 4.17. The van der Waals surface area contributed by atoms with Crippen LogP contribution in [0, 0.1) is 10.1 Å². The van der Waals surface area contributed by atoms with Gasteiger partial charge in [0.05, 0.1) is 29.5 Å². The second kappa shape index (κ2) is 4.29. The molecule has 0 amide bonds. The Labute approximate surface area is 108 Å². The topological polar surface area (TPSA) is 83.1 Å². The van der Waals surface area contributed by atoms with Gasteiger partial charge in [0.15, 0.2) is 0 Å². The van der Waals surface area contributed by atoms with Crippen molar-refractivity contribution in [2.24, 2.45) is 0 Å². The normalized spacial score (nSPS) is 14.2. The Morgan fingerprint density at radius 2 is 2.05 bits per heavy atom. The molecule has 0 radical (unpaired) electrons. The van der Waals surface area contributed by atoms with E-state index in [4.69, 9.17) is 4.74 Å². The maximum atomic E-state index is 10.6. The van der Waals surface area contributed by atoms with Gasteiger partial charge in [0.25, 0.3) is 5.69 Å². The summed E-state index contributed by atoms with van der Waals surface area (Å²) in [6, 6.07) is 6.14. The zero-order valence-electron chi connectivity index (χ0n) is 9.94. The Kier molecular flexibility index (Phi) is 2.60. The molecule has 96 valence electrons. The fraction of sp³-hybridized carbons (Fsp3) is 0.167. The Bertz CT molecular complexity index is 660. The number of nitro benzene ring substituents is 1. The van der Waals surface area contributed by atoms with E-state index in [1.807, 2.05) is 0 Å². The lowest BCUT2D eigenvalue weighted by atomic mass is 10.1. The van der Waals surface area contributed by atoms with E-state index < -0.39 is 4.92 Å². The van der Waals surface area contributed by atoms with E-state index in [9.17, 15) is 10.1 Å². The van der Waals surface area contributed by atoms with Crippen molar-refractivity contribution in [1.29, 1.82) is 0 Å². The summed E-state index contributed by atoms with van der Waals surface area (Å²) in [7, 11) is 0. The van der Waals surface area contributed by atoms with Crippen LogP contribution >= 0.6 is 0 Å². The summed E-state index contributed by atoms with van der Waals surface area (Å²) in [5, 5.41) is 18.7. The maximum absolute atomic E-state index is 10.6. The zero-order valence-corrected chi connectivity index (χ0v) is 9.94. The number of hydrogen-bond donors (Lipinski definition) is 0. The van der Waals surface area contributed by atoms with E-state index in [1.54, 1.807) is 16.8 Å². The number of benzene rings is 1. The predicted octanol–water partition coefficient (Wildman–Crippen LogP) is 1.72.